The number of esters is 1. The highest BCUT2D eigenvalue weighted by atomic mass is 35.5. The number of likely N-dealkylation sites (N-methyl/N-ethyl adjacent to an activating group) is 1. The van der Waals surface area contributed by atoms with Crippen LogP contribution in [0.15, 0.2) is 24.3 Å². The number of hydrogen-bond acceptors (Lipinski definition) is 4. The number of carbonyl (C=O) groups is 3. The summed E-state index contributed by atoms with van der Waals surface area (Å²) in [5, 5.41) is 0.583. The zero-order valence-corrected chi connectivity index (χ0v) is 15.5. The molecule has 0 aliphatic carbocycles. The summed E-state index contributed by atoms with van der Waals surface area (Å²) in [6, 6.07) is 6.75. The van der Waals surface area contributed by atoms with Crippen LogP contribution in [0.2, 0.25) is 5.02 Å². The van der Waals surface area contributed by atoms with E-state index in [4.69, 9.17) is 16.3 Å². The monoisotopic (exact) mass is 366 g/mol. The van der Waals surface area contributed by atoms with Crippen molar-refractivity contribution in [1.29, 1.82) is 0 Å². The molecule has 1 aromatic carbocycles. The molecule has 1 heterocycles. The van der Waals surface area contributed by atoms with Crippen molar-refractivity contribution < 1.29 is 19.1 Å². The Balaban J connectivity index is 1.86. The minimum absolute atomic E-state index is 0.0698. The van der Waals surface area contributed by atoms with Crippen LogP contribution in [0.3, 0.4) is 0 Å². The number of likely N-dealkylation sites (tertiary alicyclic amines) is 1. The van der Waals surface area contributed by atoms with Crippen LogP contribution in [-0.2, 0) is 14.3 Å². The Morgan fingerprint density at radius 1 is 1.16 bits per heavy atom. The topological polar surface area (TPSA) is 66.9 Å². The molecule has 1 aromatic rings. The van der Waals surface area contributed by atoms with Gasteiger partial charge in [0.15, 0.2) is 6.10 Å². The molecule has 1 fully saturated rings. The van der Waals surface area contributed by atoms with Crippen molar-refractivity contribution in [1.82, 2.24) is 9.80 Å². The number of amides is 2. The Labute approximate surface area is 152 Å². The first-order chi connectivity index (χ1) is 11.8. The largest absolute Gasteiger partial charge is 0.452 e. The summed E-state index contributed by atoms with van der Waals surface area (Å²) in [5.41, 5.74) is 0.579. The molecule has 0 aromatic heterocycles. The van der Waals surface area contributed by atoms with Crippen LogP contribution < -0.4 is 0 Å². The highest BCUT2D eigenvalue weighted by Gasteiger charge is 2.31. The van der Waals surface area contributed by atoms with Gasteiger partial charge in [-0.1, -0.05) is 11.6 Å². The Bertz CT molecular complexity index is 637. The van der Waals surface area contributed by atoms with E-state index in [2.05, 4.69) is 0 Å². The maximum absolute atomic E-state index is 12.4. The normalized spacial score (nSPS) is 16.2. The van der Waals surface area contributed by atoms with Gasteiger partial charge in [0.1, 0.15) is 0 Å². The van der Waals surface area contributed by atoms with Crippen LogP contribution in [0.5, 0.6) is 0 Å². The predicted octanol–water partition coefficient (Wildman–Crippen LogP) is 2.21. The number of benzene rings is 1. The molecule has 0 spiro atoms. The minimum atomic E-state index is -0.795. The van der Waals surface area contributed by atoms with Crippen molar-refractivity contribution in [3.63, 3.8) is 0 Å². The molecule has 2 amide bonds. The number of ether oxygens (including phenoxy) is 1. The Kier molecular flexibility index (Phi) is 6.42. The standard InChI is InChI=1S/C18H23ClN2O4/c1-12(16(22)20(2)3)25-18(24)14-8-10-21(11-9-14)17(23)13-4-6-15(19)7-5-13/h4-7,12,14H,8-11H2,1-3H3/t12-/m0/s1. The first-order valence-electron chi connectivity index (χ1n) is 8.26. The smallest absolute Gasteiger partial charge is 0.309 e. The molecule has 7 heteroatoms. The number of rotatable bonds is 4. The third kappa shape index (κ3) is 4.95. The van der Waals surface area contributed by atoms with Gasteiger partial charge in [0.2, 0.25) is 0 Å². The highest BCUT2D eigenvalue weighted by Crippen LogP contribution is 2.21. The molecular weight excluding hydrogens is 344 g/mol. The summed E-state index contributed by atoms with van der Waals surface area (Å²) in [6.07, 6.45) is 0.262. The number of piperidine rings is 1. The molecule has 25 heavy (non-hydrogen) atoms. The molecule has 0 N–H and O–H groups in total. The molecular formula is C18H23ClN2O4. The van der Waals surface area contributed by atoms with Crippen LogP contribution in [0, 0.1) is 5.92 Å². The highest BCUT2D eigenvalue weighted by molar-refractivity contribution is 6.30. The number of carbonyl (C=O) groups excluding carboxylic acids is 3. The summed E-state index contributed by atoms with van der Waals surface area (Å²) < 4.78 is 5.26. The molecule has 1 aliphatic heterocycles. The van der Waals surface area contributed by atoms with Gasteiger partial charge >= 0.3 is 5.97 Å². The van der Waals surface area contributed by atoms with E-state index in [9.17, 15) is 14.4 Å². The quantitative estimate of drug-likeness (QED) is 0.766. The molecule has 1 aliphatic rings. The van der Waals surface area contributed by atoms with E-state index in [1.807, 2.05) is 0 Å². The Hall–Kier alpha value is -2.08. The lowest BCUT2D eigenvalue weighted by Crippen LogP contribution is -2.42. The second kappa shape index (κ2) is 8.34. The van der Waals surface area contributed by atoms with E-state index in [1.165, 1.54) is 4.90 Å². The van der Waals surface area contributed by atoms with Crippen LogP contribution in [0.25, 0.3) is 0 Å². The number of nitrogens with zero attached hydrogens (tertiary/aromatic N) is 2. The molecule has 0 bridgehead atoms. The van der Waals surface area contributed by atoms with E-state index >= 15 is 0 Å². The van der Waals surface area contributed by atoms with Crippen molar-refractivity contribution in [2.75, 3.05) is 27.2 Å². The van der Waals surface area contributed by atoms with Crippen LogP contribution in [0.1, 0.15) is 30.1 Å². The molecule has 0 unspecified atom stereocenters. The van der Waals surface area contributed by atoms with Gasteiger partial charge < -0.3 is 14.5 Å². The van der Waals surface area contributed by atoms with Gasteiger partial charge in [-0.2, -0.15) is 0 Å². The lowest BCUT2D eigenvalue weighted by atomic mass is 9.96. The molecule has 1 atom stereocenters. The van der Waals surface area contributed by atoms with Gasteiger partial charge in [0.05, 0.1) is 5.92 Å². The summed E-state index contributed by atoms with van der Waals surface area (Å²) >= 11 is 5.84. The molecule has 136 valence electrons. The molecule has 1 saturated heterocycles. The Morgan fingerprint density at radius 3 is 2.24 bits per heavy atom. The minimum Gasteiger partial charge on any atom is -0.452 e. The third-order valence-corrected chi connectivity index (χ3v) is 4.54. The third-order valence-electron chi connectivity index (χ3n) is 4.29. The summed E-state index contributed by atoms with van der Waals surface area (Å²) in [7, 11) is 3.24. The summed E-state index contributed by atoms with van der Waals surface area (Å²) in [6.45, 7) is 2.54. The fraction of sp³-hybridized carbons (Fsp3) is 0.500. The fourth-order valence-electron chi connectivity index (χ4n) is 2.78. The van der Waals surface area contributed by atoms with Crippen molar-refractivity contribution >= 4 is 29.4 Å². The van der Waals surface area contributed by atoms with E-state index < -0.39 is 6.10 Å². The van der Waals surface area contributed by atoms with E-state index in [0.29, 0.717) is 36.5 Å². The fourth-order valence-corrected chi connectivity index (χ4v) is 2.90. The first-order valence-corrected chi connectivity index (χ1v) is 8.64. The van der Waals surface area contributed by atoms with Gasteiger partial charge in [-0.15, -0.1) is 0 Å². The van der Waals surface area contributed by atoms with Crippen molar-refractivity contribution in [2.24, 2.45) is 5.92 Å². The second-order valence-corrected chi connectivity index (χ2v) is 6.82. The van der Waals surface area contributed by atoms with Gasteiger partial charge in [-0.25, -0.2) is 0 Å². The van der Waals surface area contributed by atoms with Gasteiger partial charge in [0, 0.05) is 37.8 Å². The Morgan fingerprint density at radius 2 is 1.72 bits per heavy atom. The van der Waals surface area contributed by atoms with Crippen LogP contribution in [0.4, 0.5) is 0 Å². The number of hydrogen-bond donors (Lipinski definition) is 0. The zero-order valence-electron chi connectivity index (χ0n) is 14.7. The van der Waals surface area contributed by atoms with Crippen LogP contribution >= 0.6 is 11.6 Å². The molecule has 0 radical (unpaired) electrons. The van der Waals surface area contributed by atoms with Gasteiger partial charge in [-0.3, -0.25) is 14.4 Å². The van der Waals surface area contributed by atoms with E-state index in [0.717, 1.165) is 0 Å². The van der Waals surface area contributed by atoms with Crippen molar-refractivity contribution in [3.8, 4) is 0 Å². The maximum Gasteiger partial charge on any atom is 0.309 e. The van der Waals surface area contributed by atoms with Crippen LogP contribution in [-0.4, -0.2) is 60.9 Å². The van der Waals surface area contributed by atoms with E-state index in [1.54, 1.807) is 50.2 Å². The lowest BCUT2D eigenvalue weighted by Gasteiger charge is -2.31. The molecule has 2 rings (SSSR count). The second-order valence-electron chi connectivity index (χ2n) is 6.39. The maximum atomic E-state index is 12.4. The summed E-state index contributed by atoms with van der Waals surface area (Å²) in [4.78, 5) is 39.5. The predicted molar refractivity (Wildman–Crippen MR) is 94.3 cm³/mol. The average molecular weight is 367 g/mol. The number of halogens is 1. The summed E-state index contributed by atoms with van der Waals surface area (Å²) in [5.74, 6) is -0.976. The zero-order chi connectivity index (χ0) is 18.6. The first kappa shape index (κ1) is 19.2. The van der Waals surface area contributed by atoms with Gasteiger partial charge in [0.25, 0.3) is 11.8 Å². The van der Waals surface area contributed by atoms with Crippen molar-refractivity contribution in [2.45, 2.75) is 25.9 Å². The average Bonchev–Trinajstić information content (AvgIpc) is 2.61. The lowest BCUT2D eigenvalue weighted by molar-refractivity contribution is -0.162. The SMILES string of the molecule is C[C@H](OC(=O)C1CCN(C(=O)c2ccc(Cl)cc2)CC1)C(=O)N(C)C. The van der Waals surface area contributed by atoms with Gasteiger partial charge in [-0.05, 0) is 44.0 Å². The van der Waals surface area contributed by atoms with E-state index in [-0.39, 0.29) is 23.7 Å². The van der Waals surface area contributed by atoms with Crippen molar-refractivity contribution in [3.05, 3.63) is 34.9 Å². The molecule has 0 saturated carbocycles. The molecule has 6 nitrogen and oxygen atoms in total.